The summed E-state index contributed by atoms with van der Waals surface area (Å²) in [5, 5.41) is 8.85. The molecule has 0 amide bonds. The summed E-state index contributed by atoms with van der Waals surface area (Å²) in [5.74, 6) is -1.14. The molecule has 0 bridgehead atoms. The molecule has 0 aromatic rings. The van der Waals surface area contributed by atoms with Crippen molar-refractivity contribution >= 4 is 16.2 Å². The van der Waals surface area contributed by atoms with Crippen LogP contribution in [0.5, 0.6) is 0 Å². The maximum atomic E-state index is 12.3. The van der Waals surface area contributed by atoms with Crippen LogP contribution in [0.15, 0.2) is 0 Å². The van der Waals surface area contributed by atoms with Gasteiger partial charge in [0.05, 0.1) is 26.4 Å². The Morgan fingerprint density at radius 1 is 1.11 bits per heavy atom. The molecule has 2 aliphatic heterocycles. The maximum absolute atomic E-state index is 12.3. The largest absolute Gasteiger partial charge is 0.479 e. The summed E-state index contributed by atoms with van der Waals surface area (Å²) in [7, 11) is -3.61. The predicted molar refractivity (Wildman–Crippen MR) is 60.3 cm³/mol. The van der Waals surface area contributed by atoms with Gasteiger partial charge in [-0.15, -0.1) is 0 Å². The van der Waals surface area contributed by atoms with Crippen molar-refractivity contribution in [3.05, 3.63) is 0 Å². The van der Waals surface area contributed by atoms with Gasteiger partial charge in [0.25, 0.3) is 10.2 Å². The van der Waals surface area contributed by atoms with E-state index >= 15 is 0 Å². The number of aliphatic carboxylic acids is 1. The normalized spacial score (nSPS) is 28.1. The Morgan fingerprint density at radius 2 is 1.72 bits per heavy atom. The average Bonchev–Trinajstić information content (AvgIpc) is 2.40. The van der Waals surface area contributed by atoms with Crippen molar-refractivity contribution in [2.24, 2.45) is 0 Å². The molecular formula is C9H16N2O6S. The lowest BCUT2D eigenvalue weighted by atomic mass is 10.3. The first-order valence-electron chi connectivity index (χ1n) is 5.69. The third-order valence-electron chi connectivity index (χ3n) is 2.93. The standard InChI is InChI=1S/C9H16N2O6S/c12-9(13)8-7-11(3-6-17-8)18(14,15)10-1-4-16-5-2-10/h8H,1-7H2,(H,12,13). The molecule has 2 rings (SSSR count). The van der Waals surface area contributed by atoms with Crippen molar-refractivity contribution in [2.75, 3.05) is 46.0 Å². The summed E-state index contributed by atoms with van der Waals surface area (Å²) in [6.07, 6.45) is -1.09. The van der Waals surface area contributed by atoms with E-state index < -0.39 is 22.3 Å². The first-order chi connectivity index (χ1) is 8.51. The molecule has 2 fully saturated rings. The summed E-state index contributed by atoms with van der Waals surface area (Å²) in [6, 6.07) is 0. The quantitative estimate of drug-likeness (QED) is 0.665. The number of nitrogens with zero attached hydrogens (tertiary/aromatic N) is 2. The molecule has 0 spiro atoms. The first-order valence-corrected chi connectivity index (χ1v) is 7.09. The van der Waals surface area contributed by atoms with E-state index in [4.69, 9.17) is 14.6 Å². The molecule has 18 heavy (non-hydrogen) atoms. The Hall–Kier alpha value is -0.740. The van der Waals surface area contributed by atoms with Gasteiger partial charge in [0.1, 0.15) is 0 Å². The lowest BCUT2D eigenvalue weighted by molar-refractivity contribution is -0.153. The molecule has 1 N–H and O–H groups in total. The van der Waals surface area contributed by atoms with E-state index in [1.165, 1.54) is 8.61 Å². The van der Waals surface area contributed by atoms with E-state index in [-0.39, 0.29) is 19.7 Å². The van der Waals surface area contributed by atoms with Crippen LogP contribution >= 0.6 is 0 Å². The van der Waals surface area contributed by atoms with Gasteiger partial charge in [0, 0.05) is 19.6 Å². The Morgan fingerprint density at radius 3 is 2.33 bits per heavy atom. The highest BCUT2D eigenvalue weighted by atomic mass is 32.2. The van der Waals surface area contributed by atoms with Crippen LogP contribution in [0.3, 0.4) is 0 Å². The SMILES string of the molecule is O=C(O)C1CN(S(=O)(=O)N2CCOCC2)CCO1. The highest BCUT2D eigenvalue weighted by molar-refractivity contribution is 7.86. The Bertz CT molecular complexity index is 405. The summed E-state index contributed by atoms with van der Waals surface area (Å²) in [4.78, 5) is 10.8. The molecule has 0 aromatic carbocycles. The van der Waals surface area contributed by atoms with E-state index in [0.29, 0.717) is 26.3 Å². The van der Waals surface area contributed by atoms with Gasteiger partial charge in [-0.1, -0.05) is 0 Å². The summed E-state index contributed by atoms with van der Waals surface area (Å²) >= 11 is 0. The zero-order valence-corrected chi connectivity index (χ0v) is 10.6. The van der Waals surface area contributed by atoms with E-state index in [0.717, 1.165) is 0 Å². The number of hydrogen-bond donors (Lipinski definition) is 1. The van der Waals surface area contributed by atoms with Crippen LogP contribution in [-0.4, -0.2) is 80.2 Å². The van der Waals surface area contributed by atoms with Crippen molar-refractivity contribution in [3.8, 4) is 0 Å². The Balaban J connectivity index is 2.06. The Labute approximate surface area is 105 Å². The number of carbonyl (C=O) groups is 1. The van der Waals surface area contributed by atoms with Crippen molar-refractivity contribution < 1.29 is 27.8 Å². The van der Waals surface area contributed by atoms with Crippen LogP contribution in [-0.2, 0) is 24.5 Å². The molecular weight excluding hydrogens is 264 g/mol. The van der Waals surface area contributed by atoms with Gasteiger partial charge in [-0.2, -0.15) is 17.0 Å². The van der Waals surface area contributed by atoms with Gasteiger partial charge >= 0.3 is 5.97 Å². The van der Waals surface area contributed by atoms with Crippen LogP contribution in [0.2, 0.25) is 0 Å². The zero-order chi connectivity index (χ0) is 13.2. The summed E-state index contributed by atoms with van der Waals surface area (Å²) in [5.41, 5.74) is 0. The highest BCUT2D eigenvalue weighted by Gasteiger charge is 2.36. The number of ether oxygens (including phenoxy) is 2. The van der Waals surface area contributed by atoms with Crippen molar-refractivity contribution in [1.82, 2.24) is 8.61 Å². The van der Waals surface area contributed by atoms with Gasteiger partial charge < -0.3 is 14.6 Å². The second-order valence-corrected chi connectivity index (χ2v) is 6.00. The molecule has 2 saturated heterocycles. The van der Waals surface area contributed by atoms with Crippen LogP contribution in [0.4, 0.5) is 0 Å². The van der Waals surface area contributed by atoms with Crippen LogP contribution in [0.25, 0.3) is 0 Å². The molecule has 2 aliphatic rings. The topological polar surface area (TPSA) is 96.4 Å². The number of rotatable bonds is 3. The van der Waals surface area contributed by atoms with E-state index in [1.807, 2.05) is 0 Å². The van der Waals surface area contributed by atoms with Gasteiger partial charge in [-0.05, 0) is 0 Å². The minimum absolute atomic E-state index is 0.0978. The molecule has 0 aliphatic carbocycles. The molecule has 8 nitrogen and oxygen atoms in total. The fourth-order valence-corrected chi connectivity index (χ4v) is 3.49. The smallest absolute Gasteiger partial charge is 0.334 e. The Kier molecular flexibility index (Phi) is 4.17. The lowest BCUT2D eigenvalue weighted by Crippen LogP contribution is -2.54. The second kappa shape index (κ2) is 5.49. The minimum Gasteiger partial charge on any atom is -0.479 e. The van der Waals surface area contributed by atoms with Crippen LogP contribution < -0.4 is 0 Å². The maximum Gasteiger partial charge on any atom is 0.334 e. The van der Waals surface area contributed by atoms with Gasteiger partial charge in [-0.25, -0.2) is 4.79 Å². The minimum atomic E-state index is -3.61. The van der Waals surface area contributed by atoms with E-state index in [1.54, 1.807) is 0 Å². The number of carboxylic acid groups (broad SMARTS) is 1. The summed E-state index contributed by atoms with van der Waals surface area (Å²) in [6.45, 7) is 1.48. The van der Waals surface area contributed by atoms with Crippen molar-refractivity contribution in [1.29, 1.82) is 0 Å². The van der Waals surface area contributed by atoms with Crippen molar-refractivity contribution in [2.45, 2.75) is 6.10 Å². The summed E-state index contributed by atoms with van der Waals surface area (Å²) < 4.78 is 37.1. The molecule has 2 heterocycles. The monoisotopic (exact) mass is 280 g/mol. The molecule has 9 heteroatoms. The lowest BCUT2D eigenvalue weighted by Gasteiger charge is -2.35. The van der Waals surface area contributed by atoms with Gasteiger partial charge in [0.15, 0.2) is 6.10 Å². The fourth-order valence-electron chi connectivity index (χ4n) is 1.93. The third kappa shape index (κ3) is 2.81. The first kappa shape index (κ1) is 13.7. The van der Waals surface area contributed by atoms with Gasteiger partial charge in [0.2, 0.25) is 0 Å². The van der Waals surface area contributed by atoms with Crippen molar-refractivity contribution in [3.63, 3.8) is 0 Å². The van der Waals surface area contributed by atoms with Crippen LogP contribution in [0.1, 0.15) is 0 Å². The molecule has 1 unspecified atom stereocenters. The number of hydrogen-bond acceptors (Lipinski definition) is 5. The number of morpholine rings is 2. The molecule has 1 atom stereocenters. The molecule has 0 aromatic heterocycles. The van der Waals surface area contributed by atoms with Crippen LogP contribution in [0, 0.1) is 0 Å². The number of carboxylic acids is 1. The third-order valence-corrected chi connectivity index (χ3v) is 4.93. The van der Waals surface area contributed by atoms with Gasteiger partial charge in [-0.3, -0.25) is 0 Å². The predicted octanol–water partition coefficient (Wildman–Crippen LogP) is -1.65. The molecule has 0 radical (unpaired) electrons. The second-order valence-electron chi connectivity index (χ2n) is 4.07. The fraction of sp³-hybridized carbons (Fsp3) is 0.889. The van der Waals surface area contributed by atoms with E-state index in [2.05, 4.69) is 0 Å². The molecule has 104 valence electrons. The van der Waals surface area contributed by atoms with E-state index in [9.17, 15) is 13.2 Å². The average molecular weight is 280 g/mol. The molecule has 0 saturated carbocycles. The highest BCUT2D eigenvalue weighted by Crippen LogP contribution is 2.15. The zero-order valence-electron chi connectivity index (χ0n) is 9.82.